The molecule has 0 saturated carbocycles. The van der Waals surface area contributed by atoms with Gasteiger partial charge in [0.1, 0.15) is 12.4 Å². The largest absolute Gasteiger partial charge is 0.488 e. The zero-order valence-corrected chi connectivity index (χ0v) is 30.1. The highest BCUT2D eigenvalue weighted by Crippen LogP contribution is 2.40. The fourth-order valence-corrected chi connectivity index (χ4v) is 7.03. The number of anilines is 1. The van der Waals surface area contributed by atoms with Gasteiger partial charge in [-0.2, -0.15) is 0 Å². The van der Waals surface area contributed by atoms with E-state index in [1.807, 2.05) is 44.4 Å². The third-order valence-corrected chi connectivity index (χ3v) is 9.80. The molecule has 7 heteroatoms. The van der Waals surface area contributed by atoms with Gasteiger partial charge in [0.05, 0.1) is 5.52 Å². The predicted molar refractivity (Wildman–Crippen MR) is 213 cm³/mol. The highest BCUT2D eigenvalue weighted by atomic mass is 16.5. The van der Waals surface area contributed by atoms with E-state index >= 15 is 0 Å². The number of aromatic nitrogens is 5. The molecule has 8 rings (SSSR count). The van der Waals surface area contributed by atoms with Gasteiger partial charge in [0.2, 0.25) is 5.82 Å². The summed E-state index contributed by atoms with van der Waals surface area (Å²) in [6, 6.07) is 56.3. The van der Waals surface area contributed by atoms with Crippen molar-refractivity contribution in [2.75, 3.05) is 19.0 Å². The Bertz CT molecular complexity index is 2360. The molecule has 0 aliphatic heterocycles. The fraction of sp³-hybridized carbons (Fsp3) is 0.130. The topological polar surface area (TPSA) is 69.0 Å². The van der Waals surface area contributed by atoms with Gasteiger partial charge in [0.25, 0.3) is 0 Å². The fourth-order valence-electron chi connectivity index (χ4n) is 7.03. The van der Waals surface area contributed by atoms with Crippen molar-refractivity contribution in [1.29, 1.82) is 0 Å². The molecule has 0 fully saturated rings. The number of fused-ring (bicyclic) bond motifs is 1. The van der Waals surface area contributed by atoms with Crippen molar-refractivity contribution in [3.63, 3.8) is 0 Å². The second-order valence-electron chi connectivity index (χ2n) is 13.3. The van der Waals surface area contributed by atoms with Crippen molar-refractivity contribution in [2.45, 2.75) is 25.5 Å². The Labute approximate surface area is 310 Å². The second-order valence-corrected chi connectivity index (χ2v) is 13.3. The number of hydrogen-bond donors (Lipinski definition) is 0. The third-order valence-electron chi connectivity index (χ3n) is 9.80. The first-order valence-electron chi connectivity index (χ1n) is 17.9. The molecule has 0 bridgehead atoms. The molecular weight excluding hydrogens is 653 g/mol. The van der Waals surface area contributed by atoms with Crippen LogP contribution in [0.4, 0.5) is 5.69 Å². The van der Waals surface area contributed by atoms with Crippen LogP contribution in [0.1, 0.15) is 34.9 Å². The van der Waals surface area contributed by atoms with E-state index < -0.39 is 5.54 Å². The summed E-state index contributed by atoms with van der Waals surface area (Å²) < 4.78 is 6.48. The Morgan fingerprint density at radius 3 is 1.81 bits per heavy atom. The van der Waals surface area contributed by atoms with Crippen LogP contribution in [0.2, 0.25) is 0 Å². The minimum absolute atomic E-state index is 0.437. The summed E-state index contributed by atoms with van der Waals surface area (Å²) in [5.74, 6) is 1.39. The Balaban J connectivity index is 1.13. The van der Waals surface area contributed by atoms with Crippen LogP contribution in [0.25, 0.3) is 33.4 Å². The zero-order valence-electron chi connectivity index (χ0n) is 30.1. The molecular formula is C46H40N6O. The molecule has 0 unspecified atom stereocenters. The monoisotopic (exact) mass is 692 g/mol. The van der Waals surface area contributed by atoms with Crippen molar-refractivity contribution >= 4 is 16.6 Å². The number of benzene rings is 6. The molecule has 0 spiro atoms. The number of tetrazole rings is 1. The maximum Gasteiger partial charge on any atom is 0.205 e. The van der Waals surface area contributed by atoms with Gasteiger partial charge in [0.15, 0.2) is 5.54 Å². The second kappa shape index (κ2) is 14.6. The summed E-state index contributed by atoms with van der Waals surface area (Å²) in [7, 11) is 4.08. The first-order valence-corrected chi connectivity index (χ1v) is 17.9. The number of rotatable bonds is 11. The number of hydrogen-bond acceptors (Lipinski definition) is 6. The molecule has 0 radical (unpaired) electrons. The quantitative estimate of drug-likeness (QED) is 0.126. The molecule has 0 aliphatic rings. The van der Waals surface area contributed by atoms with Crippen LogP contribution in [0.3, 0.4) is 0 Å². The lowest BCUT2D eigenvalue weighted by molar-refractivity contribution is 0.309. The van der Waals surface area contributed by atoms with Crippen LogP contribution in [0.15, 0.2) is 164 Å². The summed E-state index contributed by atoms with van der Waals surface area (Å²) in [6.07, 6.45) is 0.838. The molecule has 53 heavy (non-hydrogen) atoms. The van der Waals surface area contributed by atoms with Gasteiger partial charge in [-0.05, 0) is 63.2 Å². The molecule has 7 nitrogen and oxygen atoms in total. The van der Waals surface area contributed by atoms with Gasteiger partial charge in [-0.1, -0.05) is 146 Å². The lowest BCUT2D eigenvalue weighted by Crippen LogP contribution is -2.39. The molecule has 0 amide bonds. The van der Waals surface area contributed by atoms with Crippen molar-refractivity contribution in [3.8, 4) is 28.3 Å². The minimum Gasteiger partial charge on any atom is -0.488 e. The predicted octanol–water partition coefficient (Wildman–Crippen LogP) is 9.60. The summed E-state index contributed by atoms with van der Waals surface area (Å²) in [6.45, 7) is 2.55. The number of ether oxygens (including phenoxy) is 1. The van der Waals surface area contributed by atoms with Crippen LogP contribution in [-0.2, 0) is 18.6 Å². The van der Waals surface area contributed by atoms with Gasteiger partial charge in [-0.15, -0.1) is 15.0 Å². The van der Waals surface area contributed by atoms with E-state index in [9.17, 15) is 0 Å². The lowest BCUT2D eigenvalue weighted by atomic mass is 9.77. The molecule has 0 atom stereocenters. The Morgan fingerprint density at radius 2 is 1.23 bits per heavy atom. The standard InChI is InChI=1S/C46H40N6O/c1-4-38-30-44(42-31-39(51(2)3)28-29-43(42)47-38)53-32-33-24-26-34(27-25-33)40-22-14-15-23-41(40)45-48-50-52(49-45)46(35-16-8-5-9-17-35,36-18-10-6-11-19-36)37-20-12-7-13-21-37/h5-31H,4,32H2,1-3H3. The molecule has 8 aromatic rings. The summed E-state index contributed by atoms with van der Waals surface area (Å²) in [5.41, 5.74) is 9.37. The Morgan fingerprint density at radius 1 is 0.642 bits per heavy atom. The van der Waals surface area contributed by atoms with E-state index in [1.54, 1.807) is 4.80 Å². The highest BCUT2D eigenvalue weighted by molar-refractivity contribution is 5.88. The first-order chi connectivity index (χ1) is 26.0. The van der Waals surface area contributed by atoms with Crippen LogP contribution < -0.4 is 9.64 Å². The molecule has 260 valence electrons. The zero-order chi connectivity index (χ0) is 36.2. The van der Waals surface area contributed by atoms with Crippen molar-refractivity contribution in [3.05, 3.63) is 192 Å². The Hall–Kier alpha value is -6.60. The molecule has 0 aliphatic carbocycles. The van der Waals surface area contributed by atoms with E-state index in [0.717, 1.165) is 73.4 Å². The van der Waals surface area contributed by atoms with Crippen LogP contribution in [0, 0.1) is 0 Å². The van der Waals surface area contributed by atoms with Gasteiger partial charge >= 0.3 is 0 Å². The number of pyridine rings is 1. The van der Waals surface area contributed by atoms with E-state index in [4.69, 9.17) is 25.1 Å². The van der Waals surface area contributed by atoms with E-state index in [1.165, 1.54) is 0 Å². The van der Waals surface area contributed by atoms with E-state index in [0.29, 0.717) is 12.4 Å². The van der Waals surface area contributed by atoms with Crippen molar-refractivity contribution in [2.24, 2.45) is 0 Å². The minimum atomic E-state index is -0.850. The number of aryl methyl sites for hydroxylation is 1. The number of nitrogens with zero attached hydrogens (tertiary/aromatic N) is 6. The highest BCUT2D eigenvalue weighted by Gasteiger charge is 2.41. The van der Waals surface area contributed by atoms with Gasteiger partial charge in [0, 0.05) is 42.5 Å². The molecule has 6 aromatic carbocycles. The van der Waals surface area contributed by atoms with Gasteiger partial charge < -0.3 is 9.64 Å². The maximum atomic E-state index is 6.48. The van der Waals surface area contributed by atoms with Crippen molar-refractivity contribution < 1.29 is 4.74 Å². The van der Waals surface area contributed by atoms with Crippen LogP contribution in [0.5, 0.6) is 5.75 Å². The van der Waals surface area contributed by atoms with Crippen molar-refractivity contribution in [1.82, 2.24) is 25.2 Å². The molecule has 2 aromatic heterocycles. The smallest absolute Gasteiger partial charge is 0.205 e. The Kier molecular flexibility index (Phi) is 9.21. The van der Waals surface area contributed by atoms with Crippen LogP contribution >= 0.6 is 0 Å². The SMILES string of the molecule is CCc1cc(OCc2ccc(-c3ccccc3-c3nnn(C(c4ccccc4)(c4ccccc4)c4ccccc4)n3)cc2)c2cc(N(C)C)ccc2n1. The molecule has 0 saturated heterocycles. The van der Waals surface area contributed by atoms with Gasteiger partial charge in [-0.3, -0.25) is 4.98 Å². The molecule has 0 N–H and O–H groups in total. The van der Waals surface area contributed by atoms with Gasteiger partial charge in [-0.25, -0.2) is 0 Å². The van der Waals surface area contributed by atoms with E-state index in [2.05, 4.69) is 145 Å². The third kappa shape index (κ3) is 6.42. The average Bonchev–Trinajstić information content (AvgIpc) is 3.72. The lowest BCUT2D eigenvalue weighted by Gasteiger charge is -2.34. The first kappa shape index (κ1) is 33.5. The molecule has 2 heterocycles. The summed E-state index contributed by atoms with van der Waals surface area (Å²) in [4.78, 5) is 8.70. The summed E-state index contributed by atoms with van der Waals surface area (Å²) >= 11 is 0. The summed E-state index contributed by atoms with van der Waals surface area (Å²) in [5, 5.41) is 15.7. The maximum absolute atomic E-state index is 6.48. The normalized spacial score (nSPS) is 11.5. The average molecular weight is 693 g/mol. The van der Waals surface area contributed by atoms with E-state index in [-0.39, 0.29) is 0 Å². The van der Waals surface area contributed by atoms with Crippen LogP contribution in [-0.4, -0.2) is 39.3 Å².